The number of carbonyl (C=O) groups is 1. The van der Waals surface area contributed by atoms with Crippen LogP contribution in [0.25, 0.3) is 0 Å². The molecule has 74 valence electrons. The molecule has 1 rings (SSSR count). The molecule has 0 atom stereocenters. The Balaban J connectivity index is 2.59. The van der Waals surface area contributed by atoms with Crippen molar-refractivity contribution in [2.75, 3.05) is 0 Å². The molecular weight excluding hydrogens is 162 g/mol. The molecule has 0 saturated carbocycles. The first-order valence-corrected chi connectivity index (χ1v) is 4.98. The minimum Gasteiger partial charge on any atom is -0.350 e. The van der Waals surface area contributed by atoms with Crippen molar-refractivity contribution < 1.29 is 4.79 Å². The number of amides is 1. The molecule has 0 heterocycles. The van der Waals surface area contributed by atoms with Crippen molar-refractivity contribution in [3.8, 4) is 0 Å². The van der Waals surface area contributed by atoms with Gasteiger partial charge in [-0.15, -0.1) is 0 Å². The number of nitrogens with one attached hydrogen (secondary N) is 1. The lowest BCUT2D eigenvalue weighted by Crippen LogP contribution is -2.46. The minimum atomic E-state index is 0.0278. The average molecular weight is 181 g/mol. The number of hydrogen-bond acceptors (Lipinski definition) is 1. The second kappa shape index (κ2) is 3.95. The highest BCUT2D eigenvalue weighted by atomic mass is 16.1. The van der Waals surface area contributed by atoms with Crippen LogP contribution in [0.15, 0.2) is 12.2 Å². The molecule has 0 bridgehead atoms. The molecule has 0 aromatic heterocycles. The van der Waals surface area contributed by atoms with Gasteiger partial charge in [-0.25, -0.2) is 0 Å². The van der Waals surface area contributed by atoms with Gasteiger partial charge >= 0.3 is 0 Å². The van der Waals surface area contributed by atoms with Gasteiger partial charge in [-0.05, 0) is 25.2 Å². The Morgan fingerprint density at radius 2 is 2.00 bits per heavy atom. The van der Waals surface area contributed by atoms with Gasteiger partial charge in [-0.3, -0.25) is 4.79 Å². The molecule has 0 fully saturated rings. The summed E-state index contributed by atoms with van der Waals surface area (Å²) in [5.74, 6) is 0.719. The maximum atomic E-state index is 11.0. The summed E-state index contributed by atoms with van der Waals surface area (Å²) in [6, 6.07) is 0. The SMILES string of the molecule is CC(=O)NC1(CC(C)C)CC=CC1. The first-order chi connectivity index (χ1) is 6.04. The highest BCUT2D eigenvalue weighted by molar-refractivity contribution is 5.74. The maximum Gasteiger partial charge on any atom is 0.217 e. The van der Waals surface area contributed by atoms with Gasteiger partial charge in [0.25, 0.3) is 0 Å². The molecule has 0 spiro atoms. The fraction of sp³-hybridized carbons (Fsp3) is 0.727. The van der Waals surface area contributed by atoms with Gasteiger partial charge in [0.15, 0.2) is 0 Å². The molecule has 2 heteroatoms. The molecule has 0 aromatic rings. The Hall–Kier alpha value is -0.790. The standard InChI is InChI=1S/C11H19NO/c1-9(2)8-11(12-10(3)13)6-4-5-7-11/h4-5,9H,6-8H2,1-3H3,(H,12,13). The van der Waals surface area contributed by atoms with Crippen molar-refractivity contribution in [3.63, 3.8) is 0 Å². The van der Waals surface area contributed by atoms with Crippen LogP contribution in [0.4, 0.5) is 0 Å². The molecule has 1 amide bonds. The average Bonchev–Trinajstić information content (AvgIpc) is 2.33. The fourth-order valence-corrected chi connectivity index (χ4v) is 2.18. The van der Waals surface area contributed by atoms with Crippen molar-refractivity contribution in [1.82, 2.24) is 5.32 Å². The van der Waals surface area contributed by atoms with Crippen molar-refractivity contribution in [2.45, 2.75) is 45.6 Å². The summed E-state index contributed by atoms with van der Waals surface area (Å²) in [4.78, 5) is 11.0. The third-order valence-corrected chi connectivity index (χ3v) is 2.42. The molecule has 2 nitrogen and oxygen atoms in total. The lowest BCUT2D eigenvalue weighted by molar-refractivity contribution is -0.120. The molecule has 13 heavy (non-hydrogen) atoms. The smallest absolute Gasteiger partial charge is 0.217 e. The zero-order chi connectivity index (χ0) is 9.90. The Kier molecular flexibility index (Phi) is 3.12. The quantitative estimate of drug-likeness (QED) is 0.665. The Bertz CT molecular complexity index is 210. The summed E-state index contributed by atoms with van der Waals surface area (Å²) in [7, 11) is 0. The van der Waals surface area contributed by atoms with E-state index in [1.807, 2.05) is 0 Å². The first kappa shape index (κ1) is 10.3. The normalized spacial score (nSPS) is 19.4. The van der Waals surface area contributed by atoms with Crippen LogP contribution in [0.1, 0.15) is 40.0 Å². The van der Waals surface area contributed by atoms with Crippen LogP contribution in [0.2, 0.25) is 0 Å². The molecule has 0 unspecified atom stereocenters. The zero-order valence-corrected chi connectivity index (χ0v) is 8.76. The van der Waals surface area contributed by atoms with E-state index in [0.29, 0.717) is 5.92 Å². The molecule has 1 aliphatic rings. The molecule has 0 aromatic carbocycles. The molecular formula is C11H19NO. The van der Waals surface area contributed by atoms with Crippen LogP contribution >= 0.6 is 0 Å². The Labute approximate surface area is 80.4 Å². The van der Waals surface area contributed by atoms with Gasteiger partial charge in [0.1, 0.15) is 0 Å². The van der Waals surface area contributed by atoms with Gasteiger partial charge in [0, 0.05) is 12.5 Å². The minimum absolute atomic E-state index is 0.0278. The van der Waals surface area contributed by atoms with Crippen molar-refractivity contribution >= 4 is 5.91 Å². The van der Waals surface area contributed by atoms with Gasteiger partial charge in [0.2, 0.25) is 5.91 Å². The van der Waals surface area contributed by atoms with E-state index in [4.69, 9.17) is 0 Å². The van der Waals surface area contributed by atoms with E-state index >= 15 is 0 Å². The van der Waals surface area contributed by atoms with Crippen LogP contribution in [0.5, 0.6) is 0 Å². The van der Waals surface area contributed by atoms with Crippen LogP contribution in [0, 0.1) is 5.92 Å². The van der Waals surface area contributed by atoms with E-state index in [1.165, 1.54) is 0 Å². The summed E-state index contributed by atoms with van der Waals surface area (Å²) in [6.45, 7) is 5.99. The maximum absolute atomic E-state index is 11.0. The van der Waals surface area contributed by atoms with Crippen LogP contribution < -0.4 is 5.32 Å². The number of rotatable bonds is 3. The third kappa shape index (κ3) is 2.87. The van der Waals surface area contributed by atoms with E-state index in [0.717, 1.165) is 19.3 Å². The van der Waals surface area contributed by atoms with E-state index in [9.17, 15) is 4.79 Å². The monoisotopic (exact) mass is 181 g/mol. The predicted octanol–water partition coefficient (Wildman–Crippen LogP) is 2.26. The van der Waals surface area contributed by atoms with E-state index in [1.54, 1.807) is 6.92 Å². The molecule has 0 radical (unpaired) electrons. The van der Waals surface area contributed by atoms with Crippen molar-refractivity contribution in [2.24, 2.45) is 5.92 Å². The molecule has 0 aliphatic heterocycles. The van der Waals surface area contributed by atoms with E-state index in [-0.39, 0.29) is 11.4 Å². The largest absolute Gasteiger partial charge is 0.350 e. The lowest BCUT2D eigenvalue weighted by atomic mass is 9.86. The first-order valence-electron chi connectivity index (χ1n) is 4.98. The number of hydrogen-bond donors (Lipinski definition) is 1. The van der Waals surface area contributed by atoms with Crippen LogP contribution in [-0.2, 0) is 4.79 Å². The van der Waals surface area contributed by atoms with Crippen molar-refractivity contribution in [3.05, 3.63) is 12.2 Å². The highest BCUT2D eigenvalue weighted by Gasteiger charge is 2.31. The van der Waals surface area contributed by atoms with Crippen LogP contribution in [-0.4, -0.2) is 11.4 Å². The summed E-state index contributed by atoms with van der Waals surface area (Å²) in [5, 5.41) is 3.09. The zero-order valence-electron chi connectivity index (χ0n) is 8.76. The Morgan fingerprint density at radius 1 is 1.46 bits per heavy atom. The summed E-state index contributed by atoms with van der Waals surface area (Å²) >= 11 is 0. The topological polar surface area (TPSA) is 29.1 Å². The predicted molar refractivity (Wildman–Crippen MR) is 54.4 cm³/mol. The summed E-state index contributed by atoms with van der Waals surface area (Å²) in [6.07, 6.45) is 7.38. The fourth-order valence-electron chi connectivity index (χ4n) is 2.18. The van der Waals surface area contributed by atoms with Crippen molar-refractivity contribution in [1.29, 1.82) is 0 Å². The lowest BCUT2D eigenvalue weighted by Gasteiger charge is -2.31. The third-order valence-electron chi connectivity index (χ3n) is 2.42. The van der Waals surface area contributed by atoms with Gasteiger partial charge in [-0.1, -0.05) is 26.0 Å². The molecule has 1 N–H and O–H groups in total. The summed E-state index contributed by atoms with van der Waals surface area (Å²) in [5.41, 5.74) is 0.0278. The van der Waals surface area contributed by atoms with Crippen LogP contribution in [0.3, 0.4) is 0 Å². The van der Waals surface area contributed by atoms with E-state index < -0.39 is 0 Å². The van der Waals surface area contributed by atoms with E-state index in [2.05, 4.69) is 31.3 Å². The Morgan fingerprint density at radius 3 is 2.38 bits per heavy atom. The highest BCUT2D eigenvalue weighted by Crippen LogP contribution is 2.30. The second-order valence-electron chi connectivity index (χ2n) is 4.44. The number of carbonyl (C=O) groups excluding carboxylic acids is 1. The molecule has 1 aliphatic carbocycles. The van der Waals surface area contributed by atoms with Gasteiger partial charge in [0.05, 0.1) is 0 Å². The molecule has 0 saturated heterocycles. The second-order valence-corrected chi connectivity index (χ2v) is 4.44. The van der Waals surface area contributed by atoms with Gasteiger partial charge < -0.3 is 5.32 Å². The van der Waals surface area contributed by atoms with Gasteiger partial charge in [-0.2, -0.15) is 0 Å². The summed E-state index contributed by atoms with van der Waals surface area (Å²) < 4.78 is 0.